The van der Waals surface area contributed by atoms with Crippen molar-refractivity contribution in [1.29, 1.82) is 5.26 Å². The lowest BCUT2D eigenvalue weighted by Gasteiger charge is -2.04. The molecule has 0 saturated heterocycles. The van der Waals surface area contributed by atoms with Crippen LogP contribution in [0.2, 0.25) is 0 Å². The van der Waals surface area contributed by atoms with Crippen molar-refractivity contribution < 1.29 is 0 Å². The zero-order chi connectivity index (χ0) is 12.8. The summed E-state index contributed by atoms with van der Waals surface area (Å²) < 4.78 is 1.05. The minimum atomic E-state index is 0.587. The number of nitriles is 1. The van der Waals surface area contributed by atoms with E-state index in [4.69, 9.17) is 5.26 Å². The fourth-order valence-corrected chi connectivity index (χ4v) is 2.36. The Hall–Kier alpha value is -1.34. The number of nitrogens with zero attached hydrogens (tertiary/aromatic N) is 1. The first kappa shape index (κ1) is 13.1. The Morgan fingerprint density at radius 3 is 1.78 bits per heavy atom. The molecule has 90 valence electrons. The Balaban J connectivity index is 2.15. The van der Waals surface area contributed by atoms with Crippen molar-refractivity contribution in [2.75, 3.05) is 0 Å². The number of hydrogen-bond donors (Lipinski definition) is 0. The molecule has 0 atom stereocenters. The van der Waals surface area contributed by atoms with Crippen molar-refractivity contribution in [2.24, 2.45) is 0 Å². The van der Waals surface area contributed by atoms with Gasteiger partial charge in [-0.15, -0.1) is 0 Å². The Kier molecular flexibility index (Phi) is 4.77. The van der Waals surface area contributed by atoms with E-state index >= 15 is 0 Å². The smallest absolute Gasteiger partial charge is 0.0625 e. The third-order valence-electron chi connectivity index (χ3n) is 2.92. The SMILES string of the molecule is N#CCCc1ccc(-c2ccc(CI)cc2)cc1. The highest BCUT2D eigenvalue weighted by atomic mass is 127. The van der Waals surface area contributed by atoms with Gasteiger partial charge in [0, 0.05) is 10.8 Å². The van der Waals surface area contributed by atoms with Crippen LogP contribution >= 0.6 is 22.6 Å². The van der Waals surface area contributed by atoms with E-state index in [0.29, 0.717) is 6.42 Å². The molecule has 0 unspecified atom stereocenters. The molecule has 0 aliphatic rings. The summed E-state index contributed by atoms with van der Waals surface area (Å²) in [5.74, 6) is 0. The predicted molar refractivity (Wildman–Crippen MR) is 83.5 cm³/mol. The molecule has 0 aliphatic heterocycles. The van der Waals surface area contributed by atoms with Gasteiger partial charge in [-0.05, 0) is 28.7 Å². The number of halogens is 1. The van der Waals surface area contributed by atoms with Gasteiger partial charge in [0.25, 0.3) is 0 Å². The summed E-state index contributed by atoms with van der Waals surface area (Å²) in [6, 6.07) is 19.3. The second-order valence-corrected chi connectivity index (χ2v) is 4.95. The Bertz CT molecular complexity index is 535. The maximum Gasteiger partial charge on any atom is 0.0625 e. The van der Waals surface area contributed by atoms with E-state index in [1.807, 2.05) is 0 Å². The first-order chi connectivity index (χ1) is 8.83. The highest BCUT2D eigenvalue weighted by Crippen LogP contribution is 2.21. The number of benzene rings is 2. The summed E-state index contributed by atoms with van der Waals surface area (Å²) in [5, 5.41) is 8.56. The van der Waals surface area contributed by atoms with E-state index in [1.165, 1.54) is 22.3 Å². The van der Waals surface area contributed by atoms with Crippen LogP contribution in [0.1, 0.15) is 17.5 Å². The predicted octanol–water partition coefficient (Wildman–Crippen LogP) is 4.74. The molecule has 18 heavy (non-hydrogen) atoms. The summed E-state index contributed by atoms with van der Waals surface area (Å²) in [6.07, 6.45) is 1.42. The maximum atomic E-state index is 8.56. The van der Waals surface area contributed by atoms with Crippen molar-refractivity contribution in [1.82, 2.24) is 0 Å². The van der Waals surface area contributed by atoms with Crippen molar-refractivity contribution >= 4 is 22.6 Å². The minimum Gasteiger partial charge on any atom is -0.198 e. The summed E-state index contributed by atoms with van der Waals surface area (Å²) in [4.78, 5) is 0. The first-order valence-electron chi connectivity index (χ1n) is 5.94. The van der Waals surface area contributed by atoms with Crippen LogP contribution in [0.4, 0.5) is 0 Å². The van der Waals surface area contributed by atoms with E-state index in [9.17, 15) is 0 Å². The summed E-state index contributed by atoms with van der Waals surface area (Å²) in [6.45, 7) is 0. The first-order valence-corrected chi connectivity index (χ1v) is 7.47. The molecule has 2 aromatic carbocycles. The van der Waals surface area contributed by atoms with Crippen LogP contribution in [0, 0.1) is 11.3 Å². The van der Waals surface area contributed by atoms with Crippen LogP contribution in [0.5, 0.6) is 0 Å². The van der Waals surface area contributed by atoms with Gasteiger partial charge in [0.2, 0.25) is 0 Å². The van der Waals surface area contributed by atoms with Crippen LogP contribution in [0.25, 0.3) is 11.1 Å². The lowest BCUT2D eigenvalue weighted by Crippen LogP contribution is -1.85. The number of rotatable bonds is 4. The molecule has 2 aromatic rings. The lowest BCUT2D eigenvalue weighted by molar-refractivity contribution is 1.01. The van der Waals surface area contributed by atoms with Gasteiger partial charge in [-0.1, -0.05) is 71.1 Å². The number of aryl methyl sites for hydroxylation is 1. The van der Waals surface area contributed by atoms with Gasteiger partial charge >= 0.3 is 0 Å². The fourth-order valence-electron chi connectivity index (χ4n) is 1.85. The summed E-state index contributed by atoms with van der Waals surface area (Å²) in [7, 11) is 0. The minimum absolute atomic E-state index is 0.587. The van der Waals surface area contributed by atoms with Crippen molar-refractivity contribution in [3.05, 3.63) is 59.7 Å². The molecule has 1 nitrogen and oxygen atoms in total. The lowest BCUT2D eigenvalue weighted by atomic mass is 10.0. The zero-order valence-electron chi connectivity index (χ0n) is 10.1. The van der Waals surface area contributed by atoms with E-state index < -0.39 is 0 Å². The standard InChI is InChI=1S/C16H14IN/c17-12-14-5-9-16(10-6-14)15-7-3-13(4-8-15)2-1-11-18/h3-10H,1-2,12H2. The Labute approximate surface area is 122 Å². The molecule has 0 fully saturated rings. The zero-order valence-corrected chi connectivity index (χ0v) is 12.2. The molecule has 0 heterocycles. The summed E-state index contributed by atoms with van der Waals surface area (Å²) >= 11 is 2.37. The molecule has 0 saturated carbocycles. The quantitative estimate of drug-likeness (QED) is 0.579. The molecule has 0 radical (unpaired) electrons. The van der Waals surface area contributed by atoms with Crippen LogP contribution in [-0.4, -0.2) is 0 Å². The molecule has 0 aromatic heterocycles. The molecule has 0 bridgehead atoms. The van der Waals surface area contributed by atoms with Crippen LogP contribution in [0.15, 0.2) is 48.5 Å². The van der Waals surface area contributed by atoms with Crippen LogP contribution < -0.4 is 0 Å². The fraction of sp³-hybridized carbons (Fsp3) is 0.188. The van der Waals surface area contributed by atoms with E-state index in [-0.39, 0.29) is 0 Å². The van der Waals surface area contributed by atoms with Crippen molar-refractivity contribution in [2.45, 2.75) is 17.3 Å². The average molecular weight is 347 g/mol. The van der Waals surface area contributed by atoms with Gasteiger partial charge in [0.05, 0.1) is 6.07 Å². The van der Waals surface area contributed by atoms with Gasteiger partial charge in [0.1, 0.15) is 0 Å². The van der Waals surface area contributed by atoms with Crippen molar-refractivity contribution in [3.8, 4) is 17.2 Å². The highest BCUT2D eigenvalue weighted by Gasteiger charge is 1.98. The van der Waals surface area contributed by atoms with E-state index in [1.54, 1.807) is 0 Å². The normalized spacial score (nSPS) is 10.0. The molecule has 0 spiro atoms. The molecular formula is C16H14IN. The van der Waals surface area contributed by atoms with E-state index in [0.717, 1.165) is 10.8 Å². The number of alkyl halides is 1. The number of hydrogen-bond acceptors (Lipinski definition) is 1. The second kappa shape index (κ2) is 6.55. The van der Waals surface area contributed by atoms with Gasteiger partial charge in [-0.2, -0.15) is 5.26 Å². The molecule has 2 rings (SSSR count). The maximum absolute atomic E-state index is 8.56. The molecule has 0 N–H and O–H groups in total. The Morgan fingerprint density at radius 2 is 1.33 bits per heavy atom. The van der Waals surface area contributed by atoms with Gasteiger partial charge in [-0.25, -0.2) is 0 Å². The molecule has 2 heteroatoms. The molecular weight excluding hydrogens is 333 g/mol. The van der Waals surface area contributed by atoms with Gasteiger partial charge < -0.3 is 0 Å². The average Bonchev–Trinajstić information content (AvgIpc) is 2.46. The van der Waals surface area contributed by atoms with Gasteiger partial charge in [-0.3, -0.25) is 0 Å². The topological polar surface area (TPSA) is 23.8 Å². The van der Waals surface area contributed by atoms with Gasteiger partial charge in [0.15, 0.2) is 0 Å². The second-order valence-electron chi connectivity index (χ2n) is 4.19. The summed E-state index contributed by atoms with van der Waals surface area (Å²) in [5.41, 5.74) is 5.06. The Morgan fingerprint density at radius 1 is 0.833 bits per heavy atom. The van der Waals surface area contributed by atoms with E-state index in [2.05, 4.69) is 77.2 Å². The van der Waals surface area contributed by atoms with Crippen LogP contribution in [0.3, 0.4) is 0 Å². The highest BCUT2D eigenvalue weighted by molar-refractivity contribution is 14.1. The monoisotopic (exact) mass is 347 g/mol. The van der Waals surface area contributed by atoms with Crippen molar-refractivity contribution in [3.63, 3.8) is 0 Å². The molecule has 0 aliphatic carbocycles. The largest absolute Gasteiger partial charge is 0.198 e. The third kappa shape index (κ3) is 3.33. The molecule has 0 amide bonds. The van der Waals surface area contributed by atoms with Crippen LogP contribution in [-0.2, 0) is 10.8 Å². The third-order valence-corrected chi connectivity index (χ3v) is 3.80.